The molecule has 3 aromatic heterocycles. The first-order chi connectivity index (χ1) is 11.8. The molecule has 1 N–H and O–H groups in total. The van der Waals surface area contributed by atoms with Gasteiger partial charge < -0.3 is 9.84 Å². The Morgan fingerprint density at radius 3 is 2.67 bits per heavy atom. The molecule has 1 unspecified atom stereocenters. The maximum Gasteiger partial charge on any atom is 0.257 e. The van der Waals surface area contributed by atoms with Crippen molar-refractivity contribution in [3.63, 3.8) is 0 Å². The smallest absolute Gasteiger partial charge is 0.257 e. The number of hydrogen-bond acceptors (Lipinski definition) is 7. The summed E-state index contributed by atoms with van der Waals surface area (Å²) in [6.45, 7) is 1.95. The highest BCUT2D eigenvalue weighted by molar-refractivity contribution is 5.71. The van der Waals surface area contributed by atoms with Crippen LogP contribution in [0, 0.1) is 0 Å². The van der Waals surface area contributed by atoms with Gasteiger partial charge in [0.05, 0.1) is 6.04 Å². The lowest BCUT2D eigenvalue weighted by Gasteiger charge is -2.10. The van der Waals surface area contributed by atoms with Crippen molar-refractivity contribution in [2.24, 2.45) is 0 Å². The monoisotopic (exact) mass is 318 g/mol. The number of benzene rings is 1. The predicted molar refractivity (Wildman–Crippen MR) is 89.1 cm³/mol. The predicted octanol–water partition coefficient (Wildman–Crippen LogP) is 3.25. The lowest BCUT2D eigenvalue weighted by atomic mass is 10.2. The molecule has 118 valence electrons. The van der Waals surface area contributed by atoms with Gasteiger partial charge >= 0.3 is 0 Å². The number of nitrogens with one attached hydrogen (secondary N) is 1. The van der Waals surface area contributed by atoms with Gasteiger partial charge in [0.2, 0.25) is 0 Å². The molecule has 0 aliphatic heterocycles. The lowest BCUT2D eigenvalue weighted by Crippen LogP contribution is -2.09. The molecule has 0 radical (unpaired) electrons. The van der Waals surface area contributed by atoms with E-state index in [1.54, 1.807) is 12.4 Å². The SMILES string of the molecule is CC(Nc1ccc2nccnc2n1)c1noc(-c2ccccc2)n1. The molecule has 0 aliphatic carbocycles. The lowest BCUT2D eigenvalue weighted by molar-refractivity contribution is 0.420. The number of aromatic nitrogens is 5. The summed E-state index contributed by atoms with van der Waals surface area (Å²) in [6.07, 6.45) is 3.26. The Balaban J connectivity index is 1.55. The number of fused-ring (bicyclic) bond motifs is 1. The van der Waals surface area contributed by atoms with Crippen LogP contribution in [0.25, 0.3) is 22.6 Å². The van der Waals surface area contributed by atoms with Gasteiger partial charge in [-0.05, 0) is 31.2 Å². The van der Waals surface area contributed by atoms with Crippen LogP contribution in [-0.4, -0.2) is 25.1 Å². The third kappa shape index (κ3) is 2.79. The zero-order chi connectivity index (χ0) is 16.4. The summed E-state index contributed by atoms with van der Waals surface area (Å²) in [5, 5.41) is 7.30. The summed E-state index contributed by atoms with van der Waals surface area (Å²) >= 11 is 0. The highest BCUT2D eigenvalue weighted by Gasteiger charge is 2.15. The first-order valence-electron chi connectivity index (χ1n) is 7.53. The Morgan fingerprint density at radius 1 is 0.958 bits per heavy atom. The Labute approximate surface area is 137 Å². The van der Waals surface area contributed by atoms with E-state index in [-0.39, 0.29) is 6.04 Å². The zero-order valence-corrected chi connectivity index (χ0v) is 12.9. The number of nitrogens with zero attached hydrogens (tertiary/aromatic N) is 5. The highest BCUT2D eigenvalue weighted by Crippen LogP contribution is 2.21. The molecule has 3 heterocycles. The molecule has 4 rings (SSSR count). The fourth-order valence-corrected chi connectivity index (χ4v) is 2.33. The molecule has 1 atom stereocenters. The minimum Gasteiger partial charge on any atom is -0.360 e. The van der Waals surface area contributed by atoms with Gasteiger partial charge in [-0.3, -0.25) is 4.98 Å². The van der Waals surface area contributed by atoms with Crippen LogP contribution in [0.5, 0.6) is 0 Å². The fraction of sp³-hybridized carbons (Fsp3) is 0.118. The average molecular weight is 318 g/mol. The second-order valence-electron chi connectivity index (χ2n) is 5.29. The second-order valence-corrected chi connectivity index (χ2v) is 5.29. The summed E-state index contributed by atoms with van der Waals surface area (Å²) < 4.78 is 5.34. The Morgan fingerprint density at radius 2 is 1.79 bits per heavy atom. The largest absolute Gasteiger partial charge is 0.360 e. The molecule has 1 aromatic carbocycles. The van der Waals surface area contributed by atoms with Crippen molar-refractivity contribution in [3.05, 3.63) is 60.7 Å². The molecule has 0 bridgehead atoms. The van der Waals surface area contributed by atoms with Crippen LogP contribution < -0.4 is 5.32 Å². The average Bonchev–Trinajstić information content (AvgIpc) is 3.13. The topological polar surface area (TPSA) is 89.6 Å². The van der Waals surface area contributed by atoms with Crippen molar-refractivity contribution in [3.8, 4) is 11.5 Å². The van der Waals surface area contributed by atoms with Gasteiger partial charge in [0, 0.05) is 18.0 Å². The standard InChI is InChI=1S/C17H14N6O/c1-11(15-22-17(24-23-15)12-5-3-2-4-6-12)20-14-8-7-13-16(21-14)19-10-9-18-13/h2-11H,1H3,(H,19,20,21). The normalized spacial score (nSPS) is 12.2. The quantitative estimate of drug-likeness (QED) is 0.617. The van der Waals surface area contributed by atoms with Crippen molar-refractivity contribution >= 4 is 17.0 Å². The van der Waals surface area contributed by atoms with E-state index in [1.165, 1.54) is 0 Å². The Hall–Kier alpha value is -3.35. The van der Waals surface area contributed by atoms with Crippen LogP contribution in [0.1, 0.15) is 18.8 Å². The minimum absolute atomic E-state index is 0.159. The van der Waals surface area contributed by atoms with E-state index in [0.29, 0.717) is 23.2 Å². The summed E-state index contributed by atoms with van der Waals surface area (Å²) in [4.78, 5) is 17.3. The van der Waals surface area contributed by atoms with Crippen LogP contribution in [-0.2, 0) is 0 Å². The molecular weight excluding hydrogens is 304 g/mol. The van der Waals surface area contributed by atoms with Gasteiger partial charge in [0.1, 0.15) is 11.3 Å². The summed E-state index contributed by atoms with van der Waals surface area (Å²) in [6, 6.07) is 13.2. The van der Waals surface area contributed by atoms with E-state index in [2.05, 4.69) is 30.4 Å². The molecule has 7 nitrogen and oxygen atoms in total. The Bertz CT molecular complexity index is 969. The molecule has 0 fully saturated rings. The summed E-state index contributed by atoms with van der Waals surface area (Å²) in [7, 11) is 0. The van der Waals surface area contributed by atoms with E-state index < -0.39 is 0 Å². The number of hydrogen-bond donors (Lipinski definition) is 1. The molecule has 0 spiro atoms. The molecule has 0 saturated heterocycles. The van der Waals surface area contributed by atoms with Crippen LogP contribution in [0.3, 0.4) is 0 Å². The van der Waals surface area contributed by atoms with Crippen molar-refractivity contribution in [1.29, 1.82) is 0 Å². The van der Waals surface area contributed by atoms with E-state index >= 15 is 0 Å². The van der Waals surface area contributed by atoms with Crippen LogP contribution >= 0.6 is 0 Å². The molecule has 4 aromatic rings. The molecule has 0 saturated carbocycles. The van der Waals surface area contributed by atoms with E-state index in [0.717, 1.165) is 11.1 Å². The van der Waals surface area contributed by atoms with Gasteiger partial charge in [-0.25, -0.2) is 9.97 Å². The van der Waals surface area contributed by atoms with Crippen LogP contribution in [0.2, 0.25) is 0 Å². The third-order valence-electron chi connectivity index (χ3n) is 3.55. The summed E-state index contributed by atoms with van der Waals surface area (Å²) in [5.41, 5.74) is 2.23. The second kappa shape index (κ2) is 6.04. The van der Waals surface area contributed by atoms with E-state index in [9.17, 15) is 0 Å². The van der Waals surface area contributed by atoms with Crippen molar-refractivity contribution in [2.75, 3.05) is 5.32 Å². The van der Waals surface area contributed by atoms with Gasteiger partial charge in [-0.1, -0.05) is 23.4 Å². The summed E-state index contributed by atoms with van der Waals surface area (Å²) in [5.74, 6) is 1.74. The van der Waals surface area contributed by atoms with Crippen molar-refractivity contribution in [1.82, 2.24) is 25.1 Å². The Kier molecular flexibility index (Phi) is 3.59. The first-order valence-corrected chi connectivity index (χ1v) is 7.53. The minimum atomic E-state index is -0.159. The molecule has 0 amide bonds. The van der Waals surface area contributed by atoms with Gasteiger partial charge in [0.15, 0.2) is 11.5 Å². The van der Waals surface area contributed by atoms with Gasteiger partial charge in [-0.15, -0.1) is 0 Å². The van der Waals surface area contributed by atoms with Crippen molar-refractivity contribution < 1.29 is 4.52 Å². The van der Waals surface area contributed by atoms with Crippen molar-refractivity contribution in [2.45, 2.75) is 13.0 Å². The third-order valence-corrected chi connectivity index (χ3v) is 3.55. The number of anilines is 1. The molecule has 24 heavy (non-hydrogen) atoms. The molecule has 0 aliphatic rings. The van der Waals surface area contributed by atoms with Crippen LogP contribution in [0.4, 0.5) is 5.82 Å². The number of pyridine rings is 1. The van der Waals surface area contributed by atoms with Gasteiger partial charge in [-0.2, -0.15) is 4.98 Å². The highest BCUT2D eigenvalue weighted by atomic mass is 16.5. The fourth-order valence-electron chi connectivity index (χ4n) is 2.33. The van der Waals surface area contributed by atoms with E-state index in [1.807, 2.05) is 49.4 Å². The van der Waals surface area contributed by atoms with E-state index in [4.69, 9.17) is 4.52 Å². The first kappa shape index (κ1) is 14.3. The number of rotatable bonds is 4. The van der Waals surface area contributed by atoms with Crippen LogP contribution in [0.15, 0.2) is 59.4 Å². The molecule has 7 heteroatoms. The maximum atomic E-state index is 5.34. The zero-order valence-electron chi connectivity index (χ0n) is 12.9. The molecular formula is C17H14N6O. The van der Waals surface area contributed by atoms with Gasteiger partial charge in [0.25, 0.3) is 5.89 Å². The maximum absolute atomic E-state index is 5.34.